The largest absolute Gasteiger partial charge is 0.471 e. The van der Waals surface area contributed by atoms with Gasteiger partial charge in [-0.05, 0) is 47.8 Å². The summed E-state index contributed by atoms with van der Waals surface area (Å²) >= 11 is 1.57. The number of nitrogens with zero attached hydrogens (tertiary/aromatic N) is 3. The minimum atomic E-state index is -5.15. The molecule has 37 heavy (non-hydrogen) atoms. The fraction of sp³-hybridized carbons (Fsp3) is 0.720. The van der Waals surface area contributed by atoms with Crippen molar-refractivity contribution >= 4 is 29.1 Å². The third-order valence-corrected chi connectivity index (χ3v) is 9.17. The van der Waals surface area contributed by atoms with Crippen molar-refractivity contribution in [1.82, 2.24) is 20.5 Å². The van der Waals surface area contributed by atoms with Crippen molar-refractivity contribution in [2.24, 2.45) is 28.6 Å². The van der Waals surface area contributed by atoms with Gasteiger partial charge in [-0.1, -0.05) is 34.6 Å². The van der Waals surface area contributed by atoms with Crippen LogP contribution in [-0.4, -0.2) is 58.5 Å². The summed E-state index contributed by atoms with van der Waals surface area (Å²) in [5.41, 5.74) is 1.44. The molecule has 2 aliphatic carbocycles. The second kappa shape index (κ2) is 9.26. The van der Waals surface area contributed by atoms with Crippen molar-refractivity contribution in [1.29, 1.82) is 5.26 Å². The molecule has 2 heterocycles. The first-order chi connectivity index (χ1) is 17.1. The van der Waals surface area contributed by atoms with Crippen molar-refractivity contribution in [3.05, 3.63) is 16.1 Å². The van der Waals surface area contributed by atoms with Gasteiger partial charge in [-0.3, -0.25) is 14.4 Å². The van der Waals surface area contributed by atoms with Crippen LogP contribution in [0.15, 0.2) is 5.51 Å². The number of amides is 3. The first-order valence-electron chi connectivity index (χ1n) is 12.4. The van der Waals surface area contributed by atoms with Crippen molar-refractivity contribution in [2.45, 2.75) is 78.2 Å². The van der Waals surface area contributed by atoms with Gasteiger partial charge in [0, 0.05) is 11.4 Å². The molecule has 1 saturated carbocycles. The number of piperidine rings is 1. The van der Waals surface area contributed by atoms with Gasteiger partial charge in [0.15, 0.2) is 0 Å². The summed E-state index contributed by atoms with van der Waals surface area (Å²) in [5.74, 6) is -3.74. The minimum Gasteiger partial charge on any atom is -0.338 e. The number of rotatable bonds is 5. The molecular weight excluding hydrogens is 507 g/mol. The molecule has 0 aromatic carbocycles. The Morgan fingerprint density at radius 1 is 1.24 bits per heavy atom. The van der Waals surface area contributed by atoms with Crippen LogP contribution in [0, 0.1) is 39.9 Å². The number of hydrogen-bond donors (Lipinski definition) is 2. The van der Waals surface area contributed by atoms with Gasteiger partial charge in [0.2, 0.25) is 11.8 Å². The predicted molar refractivity (Wildman–Crippen MR) is 129 cm³/mol. The van der Waals surface area contributed by atoms with Crippen molar-refractivity contribution in [3.8, 4) is 6.07 Å². The van der Waals surface area contributed by atoms with Crippen LogP contribution in [0.2, 0.25) is 0 Å². The standard InChI is InChI=1S/C25H32F3N5O3S/c1-23(2,3)19(32-22(36)25(26,27)28)21(35)33-10-13-17(24(13,4)5)18(33)20(34)31-15(9-29)12-6-7-16-14(8-12)30-11-37-16/h11-13,15,17-19H,6-8,10H2,1-5H3,(H,31,34)(H,32,36)/t12-,13+,15-,17+,18+,19-/m1/s1. The molecule has 2 N–H and O–H groups in total. The number of nitrogens with one attached hydrogen (secondary N) is 2. The molecule has 0 bridgehead atoms. The smallest absolute Gasteiger partial charge is 0.338 e. The summed E-state index contributed by atoms with van der Waals surface area (Å²) < 4.78 is 39.0. The topological polar surface area (TPSA) is 115 Å². The van der Waals surface area contributed by atoms with Gasteiger partial charge in [0.25, 0.3) is 0 Å². The number of alkyl halides is 3. The molecule has 0 spiro atoms. The van der Waals surface area contributed by atoms with E-state index in [2.05, 4.69) is 16.4 Å². The highest BCUT2D eigenvalue weighted by Gasteiger charge is 2.70. The fourth-order valence-electron chi connectivity index (χ4n) is 5.95. The Morgan fingerprint density at radius 2 is 1.92 bits per heavy atom. The second-order valence-corrected chi connectivity index (χ2v) is 12.9. The molecule has 3 aliphatic rings. The number of carbonyl (C=O) groups is 3. The molecule has 0 radical (unpaired) electrons. The van der Waals surface area contributed by atoms with E-state index < -0.39 is 47.4 Å². The SMILES string of the molecule is CC(C)(C)[C@H](NC(=O)C(F)(F)F)C(=O)N1C[C@H]2[C@@H]([C@H]1C(=O)N[C@H](C#N)[C@@H]1CCc3scnc3C1)C2(C)C. The number of carbonyl (C=O) groups excluding carboxylic acids is 3. The summed E-state index contributed by atoms with van der Waals surface area (Å²) in [4.78, 5) is 45.8. The number of halogens is 3. The lowest BCUT2D eigenvalue weighted by atomic mass is 9.84. The predicted octanol–water partition coefficient (Wildman–Crippen LogP) is 2.83. The van der Waals surface area contributed by atoms with E-state index >= 15 is 0 Å². The maximum Gasteiger partial charge on any atom is 0.471 e. The highest BCUT2D eigenvalue weighted by Crippen LogP contribution is 2.65. The lowest BCUT2D eigenvalue weighted by molar-refractivity contribution is -0.176. The number of thiazole rings is 1. The van der Waals surface area contributed by atoms with E-state index in [1.54, 1.807) is 37.6 Å². The second-order valence-electron chi connectivity index (χ2n) is 12.0. The van der Waals surface area contributed by atoms with E-state index in [1.807, 2.05) is 19.2 Å². The number of hydrogen-bond acceptors (Lipinski definition) is 6. The normalized spacial score (nSPS) is 27.8. The van der Waals surface area contributed by atoms with Crippen LogP contribution in [0.4, 0.5) is 13.2 Å². The van der Waals surface area contributed by atoms with Crippen LogP contribution in [0.25, 0.3) is 0 Å². The van der Waals surface area contributed by atoms with Crippen LogP contribution in [0.5, 0.6) is 0 Å². The van der Waals surface area contributed by atoms with Crippen molar-refractivity contribution in [3.63, 3.8) is 0 Å². The van der Waals surface area contributed by atoms with Gasteiger partial charge in [0.05, 0.1) is 17.3 Å². The van der Waals surface area contributed by atoms with Crippen LogP contribution >= 0.6 is 11.3 Å². The molecule has 1 aromatic rings. The number of likely N-dealkylation sites (tertiary alicyclic amines) is 1. The van der Waals surface area contributed by atoms with Crippen LogP contribution in [0.1, 0.15) is 51.6 Å². The first kappa shape index (κ1) is 27.4. The maximum atomic E-state index is 13.6. The van der Waals surface area contributed by atoms with E-state index in [4.69, 9.17) is 0 Å². The molecule has 6 atom stereocenters. The molecule has 2 fully saturated rings. The molecule has 3 amide bonds. The lowest BCUT2D eigenvalue weighted by Crippen LogP contribution is -2.61. The van der Waals surface area contributed by atoms with E-state index in [-0.39, 0.29) is 29.7 Å². The summed E-state index contributed by atoms with van der Waals surface area (Å²) in [6, 6.07) is -1.01. The number of nitriles is 1. The number of aryl methyl sites for hydroxylation is 1. The Labute approximate surface area is 218 Å². The maximum absolute atomic E-state index is 13.6. The van der Waals surface area contributed by atoms with Crippen LogP contribution in [0.3, 0.4) is 0 Å². The Hall–Kier alpha value is -2.68. The van der Waals surface area contributed by atoms with E-state index in [0.717, 1.165) is 12.1 Å². The number of aromatic nitrogens is 1. The molecule has 202 valence electrons. The molecule has 0 unspecified atom stereocenters. The van der Waals surface area contributed by atoms with Gasteiger partial charge in [-0.2, -0.15) is 18.4 Å². The van der Waals surface area contributed by atoms with Gasteiger partial charge >= 0.3 is 12.1 Å². The molecule has 1 aliphatic heterocycles. The Kier molecular flexibility index (Phi) is 6.84. The summed E-state index contributed by atoms with van der Waals surface area (Å²) in [6.45, 7) is 8.86. The Balaban J connectivity index is 1.54. The molecule has 12 heteroatoms. The van der Waals surface area contributed by atoms with E-state index in [1.165, 1.54) is 9.78 Å². The highest BCUT2D eigenvalue weighted by atomic mass is 32.1. The molecule has 1 aromatic heterocycles. The van der Waals surface area contributed by atoms with Gasteiger partial charge in [0.1, 0.15) is 18.1 Å². The minimum absolute atomic E-state index is 0.00100. The van der Waals surface area contributed by atoms with Crippen LogP contribution < -0.4 is 10.6 Å². The third kappa shape index (κ3) is 5.07. The Morgan fingerprint density at radius 3 is 2.51 bits per heavy atom. The van der Waals surface area contributed by atoms with Gasteiger partial charge in [-0.25, -0.2) is 4.98 Å². The van der Waals surface area contributed by atoms with E-state index in [9.17, 15) is 32.8 Å². The van der Waals surface area contributed by atoms with Gasteiger partial charge in [-0.15, -0.1) is 11.3 Å². The summed E-state index contributed by atoms with van der Waals surface area (Å²) in [6.07, 6.45) is -3.09. The fourth-order valence-corrected chi connectivity index (χ4v) is 6.76. The lowest BCUT2D eigenvalue weighted by Gasteiger charge is -2.38. The molecule has 4 rings (SSSR count). The zero-order valence-corrected chi connectivity index (χ0v) is 22.3. The zero-order valence-electron chi connectivity index (χ0n) is 21.5. The number of fused-ring (bicyclic) bond motifs is 2. The summed E-state index contributed by atoms with van der Waals surface area (Å²) in [7, 11) is 0. The quantitative estimate of drug-likeness (QED) is 0.597. The van der Waals surface area contributed by atoms with Crippen molar-refractivity contribution in [2.75, 3.05) is 6.54 Å². The molecular formula is C25H32F3N5O3S. The average molecular weight is 540 g/mol. The highest BCUT2D eigenvalue weighted by molar-refractivity contribution is 7.09. The van der Waals surface area contributed by atoms with Crippen molar-refractivity contribution < 1.29 is 27.6 Å². The zero-order chi connectivity index (χ0) is 27.5. The van der Waals surface area contributed by atoms with E-state index in [0.29, 0.717) is 12.8 Å². The van der Waals surface area contributed by atoms with Gasteiger partial charge < -0.3 is 15.5 Å². The third-order valence-electron chi connectivity index (χ3n) is 8.24. The monoisotopic (exact) mass is 539 g/mol. The summed E-state index contributed by atoms with van der Waals surface area (Å²) in [5, 5.41) is 14.6. The average Bonchev–Trinajstić information content (AvgIpc) is 3.21. The first-order valence-corrected chi connectivity index (χ1v) is 13.2. The molecule has 1 saturated heterocycles. The molecule has 8 nitrogen and oxygen atoms in total. The Bertz CT molecular complexity index is 1140. The van der Waals surface area contributed by atoms with Crippen LogP contribution in [-0.2, 0) is 27.2 Å².